The summed E-state index contributed by atoms with van der Waals surface area (Å²) in [5.41, 5.74) is 9.51. The highest BCUT2D eigenvalue weighted by Crippen LogP contribution is 2.14. The molecule has 1 unspecified atom stereocenters. The van der Waals surface area contributed by atoms with E-state index in [1.165, 1.54) is 16.8 Å². The summed E-state index contributed by atoms with van der Waals surface area (Å²) in [7, 11) is 0. The number of hydrogen-bond donors (Lipinski definition) is 1. The molecule has 0 fully saturated rings. The van der Waals surface area contributed by atoms with Gasteiger partial charge in [0.15, 0.2) is 0 Å². The van der Waals surface area contributed by atoms with Crippen molar-refractivity contribution in [2.45, 2.75) is 32.7 Å². The van der Waals surface area contributed by atoms with Gasteiger partial charge in [-0.3, -0.25) is 14.3 Å². The average Bonchev–Trinajstić information content (AvgIpc) is 2.51. The summed E-state index contributed by atoms with van der Waals surface area (Å²) in [6.07, 6.45) is 2.00. The minimum atomic E-state index is -0.511. The fraction of sp³-hybridized carbons (Fsp3) is 0.333. The predicted octanol–water partition coefficient (Wildman–Crippen LogP) is 1.95. The molecule has 0 aliphatic rings. The van der Waals surface area contributed by atoms with Crippen molar-refractivity contribution in [1.82, 2.24) is 9.55 Å². The van der Waals surface area contributed by atoms with Gasteiger partial charge in [0, 0.05) is 23.2 Å². The molecule has 1 aromatic carbocycles. The first kappa shape index (κ1) is 16.5. The van der Waals surface area contributed by atoms with Gasteiger partial charge < -0.3 is 4.74 Å². The number of hydrogen-bond acceptors (Lipinski definition) is 4. The molecule has 23 heavy (non-hydrogen) atoms. The smallest absolute Gasteiger partial charge is 0.330 e. The van der Waals surface area contributed by atoms with E-state index in [4.69, 9.17) is 10.3 Å². The topological polar surface area (TPSA) is 113 Å². The molecule has 120 valence electrons. The molecule has 1 N–H and O–H groups in total. The van der Waals surface area contributed by atoms with E-state index in [1.807, 2.05) is 31.2 Å². The molecule has 8 nitrogen and oxygen atoms in total. The lowest BCUT2D eigenvalue weighted by atomic mass is 10.0. The zero-order valence-electron chi connectivity index (χ0n) is 12.7. The first-order chi connectivity index (χ1) is 11.1. The van der Waals surface area contributed by atoms with Crippen LogP contribution in [-0.4, -0.2) is 15.6 Å². The summed E-state index contributed by atoms with van der Waals surface area (Å²) in [5.74, 6) is 0. The van der Waals surface area contributed by atoms with Crippen molar-refractivity contribution in [3.8, 4) is 0 Å². The molecule has 0 spiro atoms. The average molecular weight is 315 g/mol. The van der Waals surface area contributed by atoms with Crippen LogP contribution in [0.3, 0.4) is 0 Å². The molecule has 0 saturated heterocycles. The Morgan fingerprint density at radius 2 is 2.04 bits per heavy atom. The standard InChI is InChI=1S/C15H17N5O3/c1-11(18-19-16)8-12-4-2-3-5-13(12)9-23-10-20-7-6-14(21)17-15(20)22/h2-7,11H,8-10H2,1H3,(H,17,21,22). The lowest BCUT2D eigenvalue weighted by molar-refractivity contribution is 0.0603. The van der Waals surface area contributed by atoms with Crippen LogP contribution < -0.4 is 11.2 Å². The maximum Gasteiger partial charge on any atom is 0.330 e. The summed E-state index contributed by atoms with van der Waals surface area (Å²) < 4.78 is 6.82. The maximum absolute atomic E-state index is 11.5. The van der Waals surface area contributed by atoms with Crippen LogP contribution >= 0.6 is 0 Å². The molecule has 0 radical (unpaired) electrons. The van der Waals surface area contributed by atoms with Crippen LogP contribution in [-0.2, 0) is 24.5 Å². The van der Waals surface area contributed by atoms with Gasteiger partial charge in [0.2, 0.25) is 0 Å². The molecule has 0 bridgehead atoms. The number of nitrogens with zero attached hydrogens (tertiary/aromatic N) is 4. The van der Waals surface area contributed by atoms with Crippen molar-refractivity contribution in [2.24, 2.45) is 5.11 Å². The van der Waals surface area contributed by atoms with Crippen LogP contribution in [0, 0.1) is 0 Å². The highest BCUT2D eigenvalue weighted by atomic mass is 16.5. The highest BCUT2D eigenvalue weighted by Gasteiger charge is 2.06. The van der Waals surface area contributed by atoms with Crippen molar-refractivity contribution in [3.63, 3.8) is 0 Å². The summed E-state index contributed by atoms with van der Waals surface area (Å²) in [6.45, 7) is 2.19. The number of ether oxygens (including phenoxy) is 1. The maximum atomic E-state index is 11.5. The number of H-pyrrole nitrogens is 1. The van der Waals surface area contributed by atoms with Gasteiger partial charge in [-0.1, -0.05) is 36.3 Å². The molecular weight excluding hydrogens is 298 g/mol. The number of azide groups is 1. The molecular formula is C15H17N5O3. The van der Waals surface area contributed by atoms with E-state index >= 15 is 0 Å². The lowest BCUT2D eigenvalue weighted by Gasteiger charge is -2.12. The SMILES string of the molecule is CC(Cc1ccccc1COCn1ccc(=O)[nH]c1=O)N=[N+]=[N-]. The van der Waals surface area contributed by atoms with E-state index in [0.717, 1.165) is 11.1 Å². The second-order valence-corrected chi connectivity index (χ2v) is 5.08. The van der Waals surface area contributed by atoms with E-state index < -0.39 is 11.2 Å². The van der Waals surface area contributed by atoms with Crippen molar-refractivity contribution in [1.29, 1.82) is 0 Å². The van der Waals surface area contributed by atoms with E-state index in [2.05, 4.69) is 15.0 Å². The van der Waals surface area contributed by atoms with Crippen molar-refractivity contribution >= 4 is 0 Å². The van der Waals surface area contributed by atoms with Gasteiger partial charge in [-0.15, -0.1) is 0 Å². The van der Waals surface area contributed by atoms with Crippen molar-refractivity contribution in [3.05, 3.63) is 78.9 Å². The second-order valence-electron chi connectivity index (χ2n) is 5.08. The minimum Gasteiger partial charge on any atom is -0.356 e. The molecule has 0 saturated carbocycles. The van der Waals surface area contributed by atoms with Gasteiger partial charge in [-0.2, -0.15) is 0 Å². The third kappa shape index (κ3) is 4.84. The van der Waals surface area contributed by atoms with Crippen molar-refractivity contribution in [2.75, 3.05) is 0 Å². The Hall–Kier alpha value is -2.83. The number of rotatable bonds is 7. The molecule has 2 aromatic rings. The quantitative estimate of drug-likeness (QED) is 0.478. The third-order valence-corrected chi connectivity index (χ3v) is 3.27. The molecule has 8 heteroatoms. The fourth-order valence-electron chi connectivity index (χ4n) is 2.14. The number of nitrogens with one attached hydrogen (secondary N) is 1. The summed E-state index contributed by atoms with van der Waals surface area (Å²) in [5, 5.41) is 3.67. The summed E-state index contributed by atoms with van der Waals surface area (Å²) in [4.78, 5) is 27.5. The molecule has 0 aliphatic carbocycles. The largest absolute Gasteiger partial charge is 0.356 e. The zero-order chi connectivity index (χ0) is 16.7. The first-order valence-electron chi connectivity index (χ1n) is 7.08. The van der Waals surface area contributed by atoms with Gasteiger partial charge in [0.05, 0.1) is 6.61 Å². The van der Waals surface area contributed by atoms with Gasteiger partial charge >= 0.3 is 5.69 Å². The first-order valence-corrected chi connectivity index (χ1v) is 7.08. The molecule has 0 amide bonds. The predicted molar refractivity (Wildman–Crippen MR) is 84.9 cm³/mol. The summed E-state index contributed by atoms with van der Waals surface area (Å²) >= 11 is 0. The Kier molecular flexibility index (Phi) is 5.74. The van der Waals surface area contributed by atoms with Crippen LogP contribution in [0.1, 0.15) is 18.1 Å². The van der Waals surface area contributed by atoms with Gasteiger partial charge in [-0.25, -0.2) is 4.79 Å². The Bertz CT molecular complexity index is 820. The van der Waals surface area contributed by atoms with Crippen LogP contribution in [0.25, 0.3) is 10.4 Å². The number of aromatic nitrogens is 2. The lowest BCUT2D eigenvalue weighted by Crippen LogP contribution is -2.29. The third-order valence-electron chi connectivity index (χ3n) is 3.27. The van der Waals surface area contributed by atoms with E-state index in [0.29, 0.717) is 13.0 Å². The van der Waals surface area contributed by atoms with E-state index in [9.17, 15) is 9.59 Å². The molecule has 1 heterocycles. The number of aromatic amines is 1. The molecule has 0 aliphatic heterocycles. The van der Waals surface area contributed by atoms with Crippen LogP contribution in [0.4, 0.5) is 0 Å². The Morgan fingerprint density at radius 3 is 2.74 bits per heavy atom. The molecule has 2 rings (SSSR count). The highest BCUT2D eigenvalue weighted by molar-refractivity contribution is 5.27. The number of benzene rings is 1. The van der Waals surface area contributed by atoms with E-state index in [1.54, 1.807) is 0 Å². The Morgan fingerprint density at radius 1 is 1.30 bits per heavy atom. The normalized spacial score (nSPS) is 11.7. The Labute approximate surface area is 132 Å². The van der Waals surface area contributed by atoms with Crippen LogP contribution in [0.2, 0.25) is 0 Å². The monoisotopic (exact) mass is 315 g/mol. The van der Waals surface area contributed by atoms with Gasteiger partial charge in [0.25, 0.3) is 5.56 Å². The zero-order valence-corrected chi connectivity index (χ0v) is 12.7. The van der Waals surface area contributed by atoms with Crippen LogP contribution in [0.5, 0.6) is 0 Å². The summed E-state index contributed by atoms with van der Waals surface area (Å²) in [6, 6.07) is 8.80. The fourth-order valence-corrected chi connectivity index (χ4v) is 2.14. The van der Waals surface area contributed by atoms with Crippen molar-refractivity contribution < 1.29 is 4.74 Å². The van der Waals surface area contributed by atoms with Crippen LogP contribution in [0.15, 0.2) is 51.2 Å². The second kappa shape index (κ2) is 7.98. The van der Waals surface area contributed by atoms with Gasteiger partial charge in [0.1, 0.15) is 6.73 Å². The molecule has 1 aromatic heterocycles. The molecule has 1 atom stereocenters. The Balaban J connectivity index is 2.01. The van der Waals surface area contributed by atoms with E-state index in [-0.39, 0.29) is 12.8 Å². The minimum absolute atomic E-state index is 0.0375. The van der Waals surface area contributed by atoms with Gasteiger partial charge in [-0.05, 0) is 23.1 Å².